The van der Waals surface area contributed by atoms with E-state index in [0.29, 0.717) is 6.04 Å². The molecule has 0 saturated carbocycles. The van der Waals surface area contributed by atoms with Gasteiger partial charge in [0.25, 0.3) is 0 Å². The molecule has 0 aromatic carbocycles. The maximum Gasteiger partial charge on any atom is 0.242 e. The Labute approximate surface area is 151 Å². The molecule has 0 aliphatic carbocycles. The Morgan fingerprint density at radius 2 is 2.15 bits per heavy atom. The number of aromatic amines is 1. The molecular formula is C19H24N6O. The Kier molecular flexibility index (Phi) is 3.53. The van der Waals surface area contributed by atoms with Gasteiger partial charge >= 0.3 is 0 Å². The maximum absolute atomic E-state index is 12.9. The van der Waals surface area contributed by atoms with Gasteiger partial charge in [-0.25, -0.2) is 9.97 Å². The second-order valence-electron chi connectivity index (χ2n) is 7.77. The lowest BCUT2D eigenvalue weighted by atomic mass is 9.96. The lowest BCUT2D eigenvalue weighted by Crippen LogP contribution is -2.54. The second-order valence-corrected chi connectivity index (χ2v) is 7.77. The first-order valence-electron chi connectivity index (χ1n) is 9.49. The van der Waals surface area contributed by atoms with Crippen molar-refractivity contribution in [1.82, 2.24) is 29.7 Å². The largest absolute Gasteiger partial charge is 0.346 e. The molecule has 5 rings (SSSR count). The molecule has 3 aromatic rings. The van der Waals surface area contributed by atoms with Crippen molar-refractivity contribution in [1.29, 1.82) is 0 Å². The number of aromatic nitrogens is 4. The highest BCUT2D eigenvalue weighted by Gasteiger charge is 2.40. The number of rotatable bonds is 2. The molecule has 5 heterocycles. The fraction of sp³-hybridized carbons (Fsp3) is 0.526. The molecule has 2 saturated heterocycles. The quantitative estimate of drug-likeness (QED) is 0.741. The number of likely N-dealkylation sites (tertiary alicyclic amines) is 1. The van der Waals surface area contributed by atoms with Gasteiger partial charge in [-0.05, 0) is 45.2 Å². The van der Waals surface area contributed by atoms with Gasteiger partial charge in [0.2, 0.25) is 5.91 Å². The van der Waals surface area contributed by atoms with Crippen molar-refractivity contribution in [3.63, 3.8) is 0 Å². The van der Waals surface area contributed by atoms with E-state index >= 15 is 0 Å². The molecule has 2 aliphatic heterocycles. The SMILES string of the molecule is CC1(C(=O)N2CCC(n3cnc4cnc5[nH]ccc5c43)CC2)CCCN1. The molecule has 2 fully saturated rings. The number of nitrogens with one attached hydrogen (secondary N) is 2. The molecule has 7 heteroatoms. The summed E-state index contributed by atoms with van der Waals surface area (Å²) < 4.78 is 2.28. The zero-order valence-electron chi connectivity index (χ0n) is 15.0. The number of hydrogen-bond acceptors (Lipinski definition) is 4. The number of carbonyl (C=O) groups excluding carboxylic acids is 1. The third kappa shape index (κ3) is 2.34. The Balaban J connectivity index is 1.38. The van der Waals surface area contributed by atoms with Gasteiger partial charge in [0.15, 0.2) is 0 Å². The molecule has 0 bridgehead atoms. The van der Waals surface area contributed by atoms with Crippen molar-refractivity contribution in [3.8, 4) is 0 Å². The molecule has 136 valence electrons. The first-order valence-corrected chi connectivity index (χ1v) is 9.49. The topological polar surface area (TPSA) is 78.8 Å². The third-order valence-electron chi connectivity index (χ3n) is 6.10. The van der Waals surface area contributed by atoms with E-state index in [2.05, 4.69) is 30.9 Å². The van der Waals surface area contributed by atoms with E-state index in [9.17, 15) is 4.79 Å². The molecule has 2 N–H and O–H groups in total. The van der Waals surface area contributed by atoms with Crippen LogP contribution in [0.25, 0.3) is 22.1 Å². The van der Waals surface area contributed by atoms with Crippen LogP contribution >= 0.6 is 0 Å². The molecule has 1 atom stereocenters. The third-order valence-corrected chi connectivity index (χ3v) is 6.10. The predicted molar refractivity (Wildman–Crippen MR) is 99.9 cm³/mol. The summed E-state index contributed by atoms with van der Waals surface area (Å²) in [6.45, 7) is 4.61. The van der Waals surface area contributed by atoms with Crippen molar-refractivity contribution in [2.45, 2.75) is 44.2 Å². The van der Waals surface area contributed by atoms with E-state index in [1.165, 1.54) is 0 Å². The maximum atomic E-state index is 12.9. The van der Waals surface area contributed by atoms with Crippen LogP contribution in [0.3, 0.4) is 0 Å². The highest BCUT2D eigenvalue weighted by Crippen LogP contribution is 2.31. The fourth-order valence-corrected chi connectivity index (χ4v) is 4.58. The minimum absolute atomic E-state index is 0.265. The van der Waals surface area contributed by atoms with Gasteiger partial charge in [-0.2, -0.15) is 0 Å². The Morgan fingerprint density at radius 3 is 2.92 bits per heavy atom. The molecule has 1 unspecified atom stereocenters. The summed E-state index contributed by atoms with van der Waals surface area (Å²) in [6, 6.07) is 2.43. The van der Waals surface area contributed by atoms with Crippen molar-refractivity contribution in [2.75, 3.05) is 19.6 Å². The van der Waals surface area contributed by atoms with Gasteiger partial charge < -0.3 is 19.8 Å². The van der Waals surface area contributed by atoms with E-state index < -0.39 is 0 Å². The molecule has 0 radical (unpaired) electrons. The van der Waals surface area contributed by atoms with Crippen LogP contribution in [0.1, 0.15) is 38.6 Å². The van der Waals surface area contributed by atoms with E-state index in [0.717, 1.165) is 67.4 Å². The molecule has 7 nitrogen and oxygen atoms in total. The minimum atomic E-state index is -0.364. The van der Waals surface area contributed by atoms with E-state index in [-0.39, 0.29) is 11.4 Å². The summed E-state index contributed by atoms with van der Waals surface area (Å²) in [4.78, 5) is 27.1. The summed E-state index contributed by atoms with van der Waals surface area (Å²) in [7, 11) is 0. The number of piperidine rings is 1. The molecular weight excluding hydrogens is 328 g/mol. The second kappa shape index (κ2) is 5.81. The van der Waals surface area contributed by atoms with E-state index in [4.69, 9.17) is 0 Å². The number of fused-ring (bicyclic) bond motifs is 3. The van der Waals surface area contributed by atoms with Crippen LogP contribution in [0.4, 0.5) is 0 Å². The van der Waals surface area contributed by atoms with Gasteiger partial charge in [0.1, 0.15) is 11.2 Å². The Morgan fingerprint density at radius 1 is 1.31 bits per heavy atom. The van der Waals surface area contributed by atoms with Crippen LogP contribution in [-0.4, -0.2) is 55.5 Å². The predicted octanol–water partition coefficient (Wildman–Crippen LogP) is 2.22. The molecule has 26 heavy (non-hydrogen) atoms. The van der Waals surface area contributed by atoms with Crippen LogP contribution in [0.5, 0.6) is 0 Å². The highest BCUT2D eigenvalue weighted by molar-refractivity contribution is 6.01. The molecule has 0 spiro atoms. The first-order chi connectivity index (χ1) is 12.7. The number of hydrogen-bond donors (Lipinski definition) is 2. The van der Waals surface area contributed by atoms with E-state index in [1.54, 1.807) is 0 Å². The summed E-state index contributed by atoms with van der Waals surface area (Å²) in [5.74, 6) is 0.265. The van der Waals surface area contributed by atoms with Crippen molar-refractivity contribution >= 4 is 28.0 Å². The zero-order valence-corrected chi connectivity index (χ0v) is 15.0. The lowest BCUT2D eigenvalue weighted by molar-refractivity contribution is -0.138. The van der Waals surface area contributed by atoms with Crippen LogP contribution in [-0.2, 0) is 4.79 Å². The molecule has 1 amide bonds. The van der Waals surface area contributed by atoms with Gasteiger partial charge in [-0.3, -0.25) is 4.79 Å². The summed E-state index contributed by atoms with van der Waals surface area (Å²) >= 11 is 0. The zero-order chi connectivity index (χ0) is 17.7. The smallest absolute Gasteiger partial charge is 0.242 e. The highest BCUT2D eigenvalue weighted by atomic mass is 16.2. The van der Waals surface area contributed by atoms with Crippen molar-refractivity contribution in [3.05, 3.63) is 24.8 Å². The number of nitrogens with zero attached hydrogens (tertiary/aromatic N) is 4. The normalized spacial score (nSPS) is 24.7. The standard InChI is InChI=1S/C19H24N6O/c1-19(6-2-7-23-19)18(26)24-9-4-13(5-10-24)25-12-22-15-11-21-17-14(16(15)25)3-8-20-17/h3,8,11-13,23H,2,4-7,9-10H2,1H3,(H,20,21). The van der Waals surface area contributed by atoms with Crippen molar-refractivity contribution in [2.24, 2.45) is 0 Å². The Bertz CT molecular complexity index is 959. The average molecular weight is 352 g/mol. The van der Waals surface area contributed by atoms with Gasteiger partial charge in [0, 0.05) is 30.7 Å². The number of pyridine rings is 1. The summed E-state index contributed by atoms with van der Waals surface area (Å²) in [6.07, 6.45) is 9.63. The number of carbonyl (C=O) groups is 1. The monoisotopic (exact) mass is 352 g/mol. The van der Waals surface area contributed by atoms with Gasteiger partial charge in [-0.1, -0.05) is 0 Å². The molecule has 2 aliphatic rings. The fourth-order valence-electron chi connectivity index (χ4n) is 4.58. The summed E-state index contributed by atoms with van der Waals surface area (Å²) in [5, 5.41) is 4.51. The number of amides is 1. The van der Waals surface area contributed by atoms with Crippen LogP contribution in [0.15, 0.2) is 24.8 Å². The van der Waals surface area contributed by atoms with Crippen LogP contribution < -0.4 is 5.32 Å². The number of H-pyrrole nitrogens is 1. The lowest BCUT2D eigenvalue weighted by Gasteiger charge is -2.37. The molecule has 3 aromatic heterocycles. The number of imidazole rings is 1. The van der Waals surface area contributed by atoms with Crippen LogP contribution in [0.2, 0.25) is 0 Å². The van der Waals surface area contributed by atoms with E-state index in [1.807, 2.05) is 30.5 Å². The van der Waals surface area contributed by atoms with Crippen LogP contribution in [0, 0.1) is 0 Å². The summed E-state index contributed by atoms with van der Waals surface area (Å²) in [5.41, 5.74) is 2.60. The Hall–Kier alpha value is -2.41. The average Bonchev–Trinajstić information content (AvgIpc) is 3.39. The first kappa shape index (κ1) is 15.8. The minimum Gasteiger partial charge on any atom is -0.346 e. The van der Waals surface area contributed by atoms with Crippen molar-refractivity contribution < 1.29 is 4.79 Å². The van der Waals surface area contributed by atoms with Gasteiger partial charge in [-0.15, -0.1) is 0 Å². The van der Waals surface area contributed by atoms with Gasteiger partial charge in [0.05, 0.1) is 23.6 Å².